The molecule has 0 aromatic heterocycles. The van der Waals surface area contributed by atoms with E-state index in [4.69, 9.17) is 9.84 Å². The topological polar surface area (TPSA) is 95.9 Å². The Bertz CT molecular complexity index is 1000. The molecule has 1 heterocycles. The van der Waals surface area contributed by atoms with Crippen LogP contribution in [-0.4, -0.2) is 53.7 Å². The van der Waals surface area contributed by atoms with Crippen LogP contribution in [0.2, 0.25) is 0 Å². The second-order valence-electron chi connectivity index (χ2n) is 9.23. The largest absolute Gasteiger partial charge is 0.481 e. The first-order chi connectivity index (χ1) is 16.5. The van der Waals surface area contributed by atoms with E-state index in [0.717, 1.165) is 17.5 Å². The number of hydrogen-bond acceptors (Lipinski definition) is 4. The fraction of sp³-hybridized carbons (Fsp3) is 0.444. The first-order valence-electron chi connectivity index (χ1n) is 12.1. The van der Waals surface area contributed by atoms with Crippen LogP contribution in [0, 0.1) is 5.92 Å². The summed E-state index contributed by atoms with van der Waals surface area (Å²) in [5.74, 6) is -0.393. The van der Waals surface area contributed by atoms with Gasteiger partial charge in [-0.1, -0.05) is 55.5 Å². The number of likely N-dealkylation sites (tertiary alicyclic amines) is 1. The summed E-state index contributed by atoms with van der Waals surface area (Å²) in [5.41, 5.74) is 4.68. The molecule has 180 valence electrons. The molecule has 0 radical (unpaired) electrons. The van der Waals surface area contributed by atoms with E-state index in [1.165, 1.54) is 11.1 Å². The van der Waals surface area contributed by atoms with Crippen LogP contribution in [0.1, 0.15) is 56.1 Å². The van der Waals surface area contributed by atoms with Gasteiger partial charge >= 0.3 is 12.1 Å². The van der Waals surface area contributed by atoms with Crippen LogP contribution in [0.25, 0.3) is 11.1 Å². The maximum Gasteiger partial charge on any atom is 0.407 e. The summed E-state index contributed by atoms with van der Waals surface area (Å²) >= 11 is 0. The van der Waals surface area contributed by atoms with Gasteiger partial charge in [-0.15, -0.1) is 0 Å². The SMILES string of the molecule is CC[C@@H](CC(=O)N1CC(CCCC(=O)O)C1)NC(=O)OCC1c2ccccc2-c2ccccc21. The maximum atomic E-state index is 12.6. The van der Waals surface area contributed by atoms with Crippen molar-refractivity contribution in [3.8, 4) is 11.1 Å². The molecule has 0 unspecified atom stereocenters. The lowest BCUT2D eigenvalue weighted by atomic mass is 9.93. The Hall–Kier alpha value is -3.35. The summed E-state index contributed by atoms with van der Waals surface area (Å²) in [6.45, 7) is 3.51. The highest BCUT2D eigenvalue weighted by atomic mass is 16.5. The molecule has 1 saturated heterocycles. The second-order valence-corrected chi connectivity index (χ2v) is 9.23. The molecule has 7 heteroatoms. The molecule has 0 spiro atoms. The monoisotopic (exact) mass is 464 g/mol. The highest BCUT2D eigenvalue weighted by Crippen LogP contribution is 2.44. The van der Waals surface area contributed by atoms with E-state index in [-0.39, 0.29) is 37.3 Å². The number of ether oxygens (including phenoxy) is 1. The molecule has 2 aromatic carbocycles. The Kier molecular flexibility index (Phi) is 7.50. The van der Waals surface area contributed by atoms with Crippen LogP contribution in [0.5, 0.6) is 0 Å². The Morgan fingerprint density at radius 1 is 1.06 bits per heavy atom. The molecule has 2 aliphatic rings. The van der Waals surface area contributed by atoms with E-state index in [1.807, 2.05) is 31.2 Å². The Morgan fingerprint density at radius 2 is 1.68 bits per heavy atom. The Balaban J connectivity index is 1.24. The summed E-state index contributed by atoms with van der Waals surface area (Å²) < 4.78 is 5.61. The number of rotatable bonds is 10. The van der Waals surface area contributed by atoms with E-state index in [9.17, 15) is 14.4 Å². The predicted molar refractivity (Wildman–Crippen MR) is 128 cm³/mol. The lowest BCUT2D eigenvalue weighted by Gasteiger charge is -2.40. The average molecular weight is 465 g/mol. The van der Waals surface area contributed by atoms with Gasteiger partial charge in [0.15, 0.2) is 0 Å². The molecular formula is C27H32N2O5. The number of nitrogens with zero attached hydrogens (tertiary/aromatic N) is 1. The molecule has 1 aliphatic carbocycles. The normalized spacial score (nSPS) is 15.7. The first kappa shape index (κ1) is 23.8. The average Bonchev–Trinajstić information content (AvgIpc) is 3.12. The molecule has 2 amide bonds. The molecule has 4 rings (SSSR count). The van der Waals surface area contributed by atoms with Crippen molar-refractivity contribution >= 4 is 18.0 Å². The lowest BCUT2D eigenvalue weighted by Crippen LogP contribution is -2.51. The van der Waals surface area contributed by atoms with Gasteiger partial charge < -0.3 is 20.1 Å². The Labute approximate surface area is 200 Å². The number of hydrogen-bond donors (Lipinski definition) is 2. The zero-order chi connectivity index (χ0) is 24.1. The number of carboxylic acid groups (broad SMARTS) is 1. The smallest absolute Gasteiger partial charge is 0.407 e. The zero-order valence-corrected chi connectivity index (χ0v) is 19.5. The van der Waals surface area contributed by atoms with Crippen molar-refractivity contribution in [2.24, 2.45) is 5.92 Å². The molecule has 34 heavy (non-hydrogen) atoms. The molecule has 1 aliphatic heterocycles. The summed E-state index contributed by atoms with van der Waals surface area (Å²) in [6, 6.07) is 16.1. The highest BCUT2D eigenvalue weighted by molar-refractivity contribution is 5.80. The maximum absolute atomic E-state index is 12.6. The van der Waals surface area contributed by atoms with Crippen LogP contribution in [0.15, 0.2) is 48.5 Å². The van der Waals surface area contributed by atoms with Crippen LogP contribution in [0.3, 0.4) is 0 Å². The third-order valence-electron chi connectivity index (χ3n) is 6.89. The van der Waals surface area contributed by atoms with Gasteiger partial charge in [0.05, 0.1) is 0 Å². The van der Waals surface area contributed by atoms with E-state index in [2.05, 4.69) is 29.6 Å². The van der Waals surface area contributed by atoms with E-state index in [0.29, 0.717) is 31.8 Å². The fourth-order valence-electron chi connectivity index (χ4n) is 4.94. The number of carbonyl (C=O) groups excluding carboxylic acids is 2. The van der Waals surface area contributed by atoms with Gasteiger partial charge in [0.25, 0.3) is 0 Å². The van der Waals surface area contributed by atoms with Gasteiger partial charge in [0.1, 0.15) is 6.61 Å². The van der Waals surface area contributed by atoms with Crippen molar-refractivity contribution < 1.29 is 24.2 Å². The summed E-state index contributed by atoms with van der Waals surface area (Å²) in [7, 11) is 0. The van der Waals surface area contributed by atoms with Crippen LogP contribution >= 0.6 is 0 Å². The van der Waals surface area contributed by atoms with Gasteiger partial charge in [0, 0.05) is 37.9 Å². The van der Waals surface area contributed by atoms with Crippen molar-refractivity contribution in [3.63, 3.8) is 0 Å². The molecule has 1 atom stereocenters. The Morgan fingerprint density at radius 3 is 2.26 bits per heavy atom. The standard InChI is InChI=1S/C27H32N2O5/c1-2-19(14-25(30)29-15-18(16-29)8-7-13-26(31)32)28-27(33)34-17-24-22-11-5-3-9-20(22)21-10-4-6-12-23(21)24/h3-6,9-12,18-19,24H,2,7-8,13-17H2,1H3,(H,28,33)(H,31,32)/t19-/m0/s1. The summed E-state index contributed by atoms with van der Waals surface area (Å²) in [6.07, 6.45) is 2.01. The summed E-state index contributed by atoms with van der Waals surface area (Å²) in [5, 5.41) is 11.6. The minimum atomic E-state index is -0.780. The van der Waals surface area contributed by atoms with Gasteiger partial charge in [0.2, 0.25) is 5.91 Å². The van der Waals surface area contributed by atoms with Crippen molar-refractivity contribution in [2.75, 3.05) is 19.7 Å². The van der Waals surface area contributed by atoms with E-state index >= 15 is 0 Å². The van der Waals surface area contributed by atoms with Gasteiger partial charge in [-0.2, -0.15) is 0 Å². The van der Waals surface area contributed by atoms with Crippen molar-refractivity contribution in [1.29, 1.82) is 0 Å². The number of carboxylic acids is 1. The van der Waals surface area contributed by atoms with E-state index in [1.54, 1.807) is 4.90 Å². The van der Waals surface area contributed by atoms with Crippen LogP contribution in [0.4, 0.5) is 4.79 Å². The number of aliphatic carboxylic acids is 1. The number of carbonyl (C=O) groups is 3. The molecular weight excluding hydrogens is 432 g/mol. The number of amides is 2. The van der Waals surface area contributed by atoms with Crippen LogP contribution in [-0.2, 0) is 14.3 Å². The lowest BCUT2D eigenvalue weighted by molar-refractivity contribution is -0.140. The fourth-order valence-corrected chi connectivity index (χ4v) is 4.94. The molecule has 0 saturated carbocycles. The highest BCUT2D eigenvalue weighted by Gasteiger charge is 2.32. The van der Waals surface area contributed by atoms with E-state index < -0.39 is 12.1 Å². The molecule has 0 bridgehead atoms. The van der Waals surface area contributed by atoms with Gasteiger partial charge in [-0.25, -0.2) is 4.79 Å². The first-order valence-corrected chi connectivity index (χ1v) is 12.1. The second kappa shape index (κ2) is 10.7. The number of nitrogens with one attached hydrogen (secondary N) is 1. The molecule has 2 N–H and O–H groups in total. The number of benzene rings is 2. The number of alkyl carbamates (subject to hydrolysis) is 1. The van der Waals surface area contributed by atoms with Crippen molar-refractivity contribution in [3.05, 3.63) is 59.7 Å². The van der Waals surface area contributed by atoms with Gasteiger partial charge in [-0.05, 0) is 47.4 Å². The third kappa shape index (κ3) is 5.41. The quantitative estimate of drug-likeness (QED) is 0.543. The third-order valence-corrected chi connectivity index (χ3v) is 6.89. The van der Waals surface area contributed by atoms with Crippen molar-refractivity contribution in [2.45, 2.75) is 51.0 Å². The summed E-state index contributed by atoms with van der Waals surface area (Å²) in [4.78, 5) is 37.5. The predicted octanol–water partition coefficient (Wildman–Crippen LogP) is 4.41. The van der Waals surface area contributed by atoms with Crippen LogP contribution < -0.4 is 5.32 Å². The number of fused-ring (bicyclic) bond motifs is 3. The van der Waals surface area contributed by atoms with Gasteiger partial charge in [-0.3, -0.25) is 9.59 Å². The molecule has 1 fully saturated rings. The zero-order valence-electron chi connectivity index (χ0n) is 19.5. The minimum Gasteiger partial charge on any atom is -0.481 e. The minimum absolute atomic E-state index is 0.000920. The van der Waals surface area contributed by atoms with Crippen molar-refractivity contribution in [1.82, 2.24) is 10.2 Å². The molecule has 7 nitrogen and oxygen atoms in total. The molecule has 2 aromatic rings.